The Balaban J connectivity index is 4.35. The van der Waals surface area contributed by atoms with E-state index >= 15 is 0 Å². The van der Waals surface area contributed by atoms with E-state index in [9.17, 15) is 14.4 Å². The molecular weight excluding hydrogens is 697 g/mol. The van der Waals surface area contributed by atoms with Crippen molar-refractivity contribution in [2.75, 3.05) is 13.2 Å². The molecule has 0 fully saturated rings. The van der Waals surface area contributed by atoms with Gasteiger partial charge in [-0.15, -0.1) is 0 Å². The second kappa shape index (κ2) is 45.6. The van der Waals surface area contributed by atoms with Crippen molar-refractivity contribution in [3.8, 4) is 0 Å². The van der Waals surface area contributed by atoms with Gasteiger partial charge < -0.3 is 14.2 Å². The van der Waals surface area contributed by atoms with Gasteiger partial charge in [0.25, 0.3) is 0 Å². The Labute approximate surface area is 347 Å². The minimum atomic E-state index is -0.771. The number of unbranched alkanes of at least 4 members (excludes halogenated alkanes) is 29. The van der Waals surface area contributed by atoms with Gasteiger partial charge in [0.2, 0.25) is 0 Å². The Morgan fingerprint density at radius 1 is 0.339 bits per heavy atom. The lowest BCUT2D eigenvalue weighted by molar-refractivity contribution is -0.167. The van der Waals surface area contributed by atoms with E-state index in [0.717, 1.165) is 70.6 Å². The van der Waals surface area contributed by atoms with Crippen LogP contribution in [-0.2, 0) is 28.6 Å². The Morgan fingerprint density at radius 3 is 0.946 bits per heavy atom. The summed E-state index contributed by atoms with van der Waals surface area (Å²) in [6, 6.07) is 0. The molecular formula is C50H92O6. The van der Waals surface area contributed by atoms with Crippen LogP contribution in [0.2, 0.25) is 0 Å². The third-order valence-electron chi connectivity index (χ3n) is 10.7. The van der Waals surface area contributed by atoms with Gasteiger partial charge in [0.15, 0.2) is 6.10 Å². The first-order valence-electron chi connectivity index (χ1n) is 24.3. The number of carbonyl (C=O) groups excluding carboxylic acids is 3. The molecule has 0 bridgehead atoms. The molecule has 0 saturated carbocycles. The molecule has 56 heavy (non-hydrogen) atoms. The fourth-order valence-electron chi connectivity index (χ4n) is 6.95. The topological polar surface area (TPSA) is 78.9 Å². The van der Waals surface area contributed by atoms with Crippen LogP contribution in [0.15, 0.2) is 24.3 Å². The van der Waals surface area contributed by atoms with Crippen molar-refractivity contribution in [2.24, 2.45) is 0 Å². The summed E-state index contributed by atoms with van der Waals surface area (Å²) in [6.45, 7) is 6.59. The number of hydrogen-bond acceptors (Lipinski definition) is 6. The zero-order valence-electron chi connectivity index (χ0n) is 37.4. The first kappa shape index (κ1) is 53.9. The first-order chi connectivity index (χ1) is 27.5. The Kier molecular flexibility index (Phi) is 43.9. The van der Waals surface area contributed by atoms with Crippen LogP contribution >= 0.6 is 0 Å². The van der Waals surface area contributed by atoms with Gasteiger partial charge in [0, 0.05) is 19.3 Å². The fourth-order valence-corrected chi connectivity index (χ4v) is 6.95. The Bertz CT molecular complexity index is 911. The van der Waals surface area contributed by atoms with Crippen molar-refractivity contribution in [1.29, 1.82) is 0 Å². The molecule has 0 saturated heterocycles. The molecule has 0 aliphatic carbocycles. The number of carbonyl (C=O) groups is 3. The summed E-state index contributed by atoms with van der Waals surface area (Å²) >= 11 is 0. The van der Waals surface area contributed by atoms with Crippen molar-refractivity contribution < 1.29 is 28.6 Å². The highest BCUT2D eigenvalue weighted by Gasteiger charge is 2.19. The summed E-state index contributed by atoms with van der Waals surface area (Å²) in [5.41, 5.74) is 0. The van der Waals surface area contributed by atoms with Gasteiger partial charge >= 0.3 is 17.9 Å². The molecule has 0 aliphatic rings. The van der Waals surface area contributed by atoms with Crippen LogP contribution in [0.25, 0.3) is 0 Å². The molecule has 0 aliphatic heterocycles. The minimum Gasteiger partial charge on any atom is -0.462 e. The predicted octanol–water partition coefficient (Wildman–Crippen LogP) is 15.6. The first-order valence-corrected chi connectivity index (χ1v) is 24.3. The summed E-state index contributed by atoms with van der Waals surface area (Å²) in [4.78, 5) is 37.8. The van der Waals surface area contributed by atoms with E-state index in [0.29, 0.717) is 19.3 Å². The minimum absolute atomic E-state index is 0.0751. The average Bonchev–Trinajstić information content (AvgIpc) is 3.19. The second-order valence-electron chi connectivity index (χ2n) is 16.4. The second-order valence-corrected chi connectivity index (χ2v) is 16.4. The van der Waals surface area contributed by atoms with Crippen LogP contribution < -0.4 is 0 Å². The SMILES string of the molecule is CCCC/C=C\CCCCCCCC(=O)OC[C@@H](COC(=O)CCCCCCC/C=C\CCCCCCCC)OC(=O)CCCCCCCCCCCCCC. The van der Waals surface area contributed by atoms with Crippen LogP contribution in [0.3, 0.4) is 0 Å². The van der Waals surface area contributed by atoms with Gasteiger partial charge in [-0.1, -0.05) is 199 Å². The van der Waals surface area contributed by atoms with E-state index in [1.165, 1.54) is 148 Å². The highest BCUT2D eigenvalue weighted by molar-refractivity contribution is 5.71. The van der Waals surface area contributed by atoms with Crippen LogP contribution in [0.1, 0.15) is 258 Å². The van der Waals surface area contributed by atoms with Crippen LogP contribution in [-0.4, -0.2) is 37.2 Å². The van der Waals surface area contributed by atoms with Gasteiger partial charge in [-0.3, -0.25) is 14.4 Å². The zero-order chi connectivity index (χ0) is 40.8. The van der Waals surface area contributed by atoms with Crippen molar-refractivity contribution in [1.82, 2.24) is 0 Å². The molecule has 0 spiro atoms. The number of ether oxygens (including phenoxy) is 3. The molecule has 328 valence electrons. The zero-order valence-corrected chi connectivity index (χ0v) is 37.4. The normalized spacial score (nSPS) is 12.1. The van der Waals surface area contributed by atoms with Gasteiger partial charge in [0.05, 0.1) is 0 Å². The Hall–Kier alpha value is -2.11. The maximum absolute atomic E-state index is 12.7. The maximum Gasteiger partial charge on any atom is 0.306 e. The van der Waals surface area contributed by atoms with E-state index in [-0.39, 0.29) is 31.1 Å². The molecule has 6 nitrogen and oxygen atoms in total. The van der Waals surface area contributed by atoms with Gasteiger partial charge in [-0.25, -0.2) is 0 Å². The summed E-state index contributed by atoms with van der Waals surface area (Å²) in [5.74, 6) is -0.885. The summed E-state index contributed by atoms with van der Waals surface area (Å²) < 4.78 is 16.7. The summed E-state index contributed by atoms with van der Waals surface area (Å²) in [6.07, 6.45) is 50.1. The quantitative estimate of drug-likeness (QED) is 0.0265. The number of allylic oxidation sites excluding steroid dienone is 4. The molecule has 0 radical (unpaired) electrons. The molecule has 6 heteroatoms. The predicted molar refractivity (Wildman–Crippen MR) is 238 cm³/mol. The van der Waals surface area contributed by atoms with E-state index in [1.807, 2.05) is 0 Å². The molecule has 0 heterocycles. The van der Waals surface area contributed by atoms with Crippen molar-refractivity contribution in [3.05, 3.63) is 24.3 Å². The Morgan fingerprint density at radius 2 is 0.607 bits per heavy atom. The number of hydrogen-bond donors (Lipinski definition) is 0. The van der Waals surface area contributed by atoms with Gasteiger partial charge in [0.1, 0.15) is 13.2 Å². The van der Waals surface area contributed by atoms with Crippen molar-refractivity contribution >= 4 is 17.9 Å². The molecule has 0 aromatic heterocycles. The highest BCUT2D eigenvalue weighted by atomic mass is 16.6. The van der Waals surface area contributed by atoms with E-state index < -0.39 is 6.10 Å². The molecule has 0 aromatic carbocycles. The van der Waals surface area contributed by atoms with E-state index in [1.54, 1.807) is 0 Å². The lowest BCUT2D eigenvalue weighted by atomic mass is 10.0. The highest BCUT2D eigenvalue weighted by Crippen LogP contribution is 2.15. The fraction of sp³-hybridized carbons (Fsp3) is 0.860. The maximum atomic E-state index is 12.7. The lowest BCUT2D eigenvalue weighted by Crippen LogP contribution is -2.30. The van der Waals surface area contributed by atoms with Crippen LogP contribution in [0.5, 0.6) is 0 Å². The standard InChI is InChI=1S/C50H92O6/c1-4-7-10-13-16-19-22-24-25-26-29-31-34-37-40-43-49(52)55-46-47(45-54-48(51)42-39-36-33-30-27-21-18-15-12-9-6-3)56-50(53)44-41-38-35-32-28-23-20-17-14-11-8-5-2/h15,18,24-25,47H,4-14,16-17,19-23,26-46H2,1-3H3/b18-15-,25-24-/t47-/m0/s1. The largest absolute Gasteiger partial charge is 0.462 e. The third kappa shape index (κ3) is 43.0. The molecule has 0 aromatic rings. The monoisotopic (exact) mass is 789 g/mol. The van der Waals surface area contributed by atoms with Crippen LogP contribution in [0, 0.1) is 0 Å². The summed E-state index contributed by atoms with van der Waals surface area (Å²) in [5, 5.41) is 0. The average molecular weight is 789 g/mol. The molecule has 0 rings (SSSR count). The number of esters is 3. The van der Waals surface area contributed by atoms with E-state index in [2.05, 4.69) is 45.1 Å². The molecule has 0 N–H and O–H groups in total. The van der Waals surface area contributed by atoms with Gasteiger partial charge in [-0.2, -0.15) is 0 Å². The summed E-state index contributed by atoms with van der Waals surface area (Å²) in [7, 11) is 0. The van der Waals surface area contributed by atoms with E-state index in [4.69, 9.17) is 14.2 Å². The molecule has 0 unspecified atom stereocenters. The molecule has 0 amide bonds. The smallest absolute Gasteiger partial charge is 0.306 e. The third-order valence-corrected chi connectivity index (χ3v) is 10.7. The van der Waals surface area contributed by atoms with Crippen molar-refractivity contribution in [2.45, 2.75) is 264 Å². The number of rotatable bonds is 44. The van der Waals surface area contributed by atoms with Gasteiger partial charge in [-0.05, 0) is 64.2 Å². The lowest BCUT2D eigenvalue weighted by Gasteiger charge is -2.18. The van der Waals surface area contributed by atoms with Crippen LogP contribution in [0.4, 0.5) is 0 Å². The molecule has 1 atom stereocenters. The van der Waals surface area contributed by atoms with Crippen molar-refractivity contribution in [3.63, 3.8) is 0 Å².